The number of imidazole rings is 1. The van der Waals surface area contributed by atoms with Crippen molar-refractivity contribution in [2.75, 3.05) is 24.7 Å². The van der Waals surface area contributed by atoms with Crippen molar-refractivity contribution in [3.05, 3.63) is 35.0 Å². The van der Waals surface area contributed by atoms with E-state index in [2.05, 4.69) is 37.2 Å². The second-order valence-corrected chi connectivity index (χ2v) is 15.5. The fraction of sp³-hybridized carbons (Fsp3) is 0.500. The van der Waals surface area contributed by atoms with Crippen molar-refractivity contribution in [2.24, 2.45) is 0 Å². The van der Waals surface area contributed by atoms with E-state index < -0.39 is 80.9 Å². The maximum atomic E-state index is 15.9. The summed E-state index contributed by atoms with van der Waals surface area (Å²) < 4.78 is 68.3. The summed E-state index contributed by atoms with van der Waals surface area (Å²) in [6, 6.07) is 0. The number of nitrogens with zero attached hydrogens (tertiary/aromatic N) is 6. The summed E-state index contributed by atoms with van der Waals surface area (Å²) in [7, 11) is -2.44. The average Bonchev–Trinajstić information content (AvgIpc) is 3.72. The molecule has 0 spiro atoms. The number of aromatic amines is 1. The van der Waals surface area contributed by atoms with Gasteiger partial charge in [0.15, 0.2) is 35.3 Å². The van der Waals surface area contributed by atoms with Crippen LogP contribution in [0.1, 0.15) is 25.3 Å². The first-order valence-electron chi connectivity index (χ1n) is 13.2. The van der Waals surface area contributed by atoms with Crippen molar-refractivity contribution in [1.82, 2.24) is 34.1 Å². The smallest absolute Gasteiger partial charge is 0.396 e. The number of H-pyrrole nitrogens is 1. The summed E-state index contributed by atoms with van der Waals surface area (Å²) in [5, 5.41) is 9.47. The van der Waals surface area contributed by atoms with Crippen LogP contribution in [-0.2, 0) is 34.9 Å². The van der Waals surface area contributed by atoms with E-state index in [-0.39, 0.29) is 46.8 Å². The van der Waals surface area contributed by atoms with Gasteiger partial charge in [-0.15, -0.1) is 4.52 Å². The van der Waals surface area contributed by atoms with Crippen LogP contribution in [0, 0.1) is 5.82 Å². The van der Waals surface area contributed by atoms with Crippen LogP contribution in [0.15, 0.2) is 23.6 Å². The number of nitrogens with one attached hydrogen (secondary N) is 1. The lowest BCUT2D eigenvalue weighted by Gasteiger charge is -2.29. The minimum absolute atomic E-state index is 0.0200. The van der Waals surface area contributed by atoms with Gasteiger partial charge < -0.3 is 40.0 Å². The lowest BCUT2D eigenvalue weighted by Crippen LogP contribution is -2.32. The molecule has 2 saturated heterocycles. The molecule has 2 fully saturated rings. The summed E-state index contributed by atoms with van der Waals surface area (Å²) in [6.45, 7) is -5.08. The number of nitrogen functional groups attached to an aromatic ring is 2. The molecule has 45 heavy (non-hydrogen) atoms. The summed E-state index contributed by atoms with van der Waals surface area (Å²) in [5.74, 6) is -1.01. The molecule has 17 nitrogen and oxygen atoms in total. The topological polar surface area (TPSA) is 241 Å². The molecule has 4 aromatic heterocycles. The number of alkyl halides is 1. The molecule has 0 aromatic carbocycles. The third kappa shape index (κ3) is 5.97. The summed E-state index contributed by atoms with van der Waals surface area (Å²) in [5.41, 5.74) is 9.30. The fourth-order valence-corrected chi connectivity index (χ4v) is 8.84. The largest absolute Gasteiger partial charge is 0.582 e. The number of nitrogens with two attached hydrogens (primary N) is 2. The van der Waals surface area contributed by atoms with Gasteiger partial charge in [0.1, 0.15) is 54.7 Å². The molecule has 0 bridgehead atoms. The van der Waals surface area contributed by atoms with Crippen LogP contribution in [-0.4, -0.2) is 87.4 Å². The monoisotopic (exact) mass is 708 g/mol. The predicted molar refractivity (Wildman–Crippen MR) is 161 cm³/mol. The Balaban J connectivity index is 1.28. The number of hydrogen-bond acceptors (Lipinski definition) is 14. The molecule has 2 aliphatic rings. The predicted octanol–water partition coefficient (Wildman–Crippen LogP) is 1.43. The summed E-state index contributed by atoms with van der Waals surface area (Å²) in [6.07, 6.45) is -4.06. The van der Waals surface area contributed by atoms with E-state index in [1.807, 2.05) is 0 Å². The number of aromatic nitrogens is 7. The highest BCUT2D eigenvalue weighted by Gasteiger charge is 2.54. The molecule has 0 aliphatic carbocycles. The molecule has 7 N–H and O–H groups in total. The first-order valence-corrected chi connectivity index (χ1v) is 18.3. The third-order valence-electron chi connectivity index (χ3n) is 7.54. The lowest BCUT2D eigenvalue weighted by atomic mass is 10.1. The molecule has 0 saturated carbocycles. The van der Waals surface area contributed by atoms with Crippen molar-refractivity contribution in [3.63, 3.8) is 0 Å². The molecule has 242 valence electrons. The summed E-state index contributed by atoms with van der Waals surface area (Å²) in [4.78, 5) is 42.2. The van der Waals surface area contributed by atoms with E-state index in [1.165, 1.54) is 15.5 Å². The van der Waals surface area contributed by atoms with Gasteiger partial charge in [0, 0.05) is 19.2 Å². The number of aliphatic hydroxyl groups excluding tert-OH is 1. The van der Waals surface area contributed by atoms with Crippen LogP contribution in [0.3, 0.4) is 0 Å². The van der Waals surface area contributed by atoms with Crippen LogP contribution in [0.25, 0.3) is 22.2 Å². The minimum Gasteiger partial charge on any atom is -0.396 e. The number of thiol groups is 1. The number of halogens is 2. The number of aliphatic hydroxyl groups is 1. The van der Waals surface area contributed by atoms with Gasteiger partial charge in [0.05, 0.1) is 24.4 Å². The van der Waals surface area contributed by atoms with Crippen molar-refractivity contribution in [2.45, 2.75) is 55.4 Å². The zero-order valence-electron chi connectivity index (χ0n) is 22.8. The second-order valence-electron chi connectivity index (χ2n) is 10.2. The molecule has 0 amide bonds. The van der Waals surface area contributed by atoms with Gasteiger partial charge in [-0.25, -0.2) is 23.7 Å². The fourth-order valence-electron chi connectivity index (χ4n) is 5.56. The zero-order chi connectivity index (χ0) is 32.2. The standard InChI is InChI=1S/C22H25F2N9O8P2S2/c23-8-4-32(18-13(8)17(25)27-6-28-18)12-3-10(41-42(36)44)11(39-12)5-38-43(37,45)16-14(24)9(1-2-34)40-21(16)33-7-29-15-19(33)30-22(26)31-20(15)35/h4,6-7,9-12,14,16,21,34H,1-3,5H2,(H6-,25,26,27,28,30,31,35,36,37,44,45)/p+1/t9-,10+,11-,12-,14-,16-,21-,43?/m1/s1. The molecule has 9 atom stereocenters. The Morgan fingerprint density at radius 1 is 1.24 bits per heavy atom. The number of ether oxygens (including phenoxy) is 2. The molecule has 2 unspecified atom stereocenters. The zero-order valence-corrected chi connectivity index (χ0v) is 26.3. The third-order valence-corrected chi connectivity index (χ3v) is 11.1. The van der Waals surface area contributed by atoms with Crippen molar-refractivity contribution < 1.29 is 41.9 Å². The lowest BCUT2D eigenvalue weighted by molar-refractivity contribution is -0.0340. The Labute approximate surface area is 262 Å². The first-order chi connectivity index (χ1) is 21.4. The summed E-state index contributed by atoms with van der Waals surface area (Å²) >= 11 is 9.29. The maximum Gasteiger partial charge on any atom is 0.582 e. The quantitative estimate of drug-likeness (QED) is 0.101. The Hall–Kier alpha value is -2.71. The van der Waals surface area contributed by atoms with E-state index >= 15 is 4.39 Å². The van der Waals surface area contributed by atoms with E-state index in [1.54, 1.807) is 0 Å². The maximum absolute atomic E-state index is 15.9. The number of anilines is 2. The highest BCUT2D eigenvalue weighted by Crippen LogP contribution is 2.59. The van der Waals surface area contributed by atoms with Crippen LogP contribution < -0.4 is 17.0 Å². The van der Waals surface area contributed by atoms with E-state index in [4.69, 9.17) is 41.8 Å². The number of rotatable bonds is 10. The van der Waals surface area contributed by atoms with Gasteiger partial charge in [-0.1, -0.05) is 0 Å². The van der Waals surface area contributed by atoms with E-state index in [0.717, 1.165) is 12.5 Å². The van der Waals surface area contributed by atoms with Crippen LogP contribution in [0.5, 0.6) is 0 Å². The minimum atomic E-state index is -4.18. The van der Waals surface area contributed by atoms with Gasteiger partial charge in [-0.2, -0.15) is 4.98 Å². The molecule has 6 rings (SSSR count). The Kier molecular flexibility index (Phi) is 8.94. The van der Waals surface area contributed by atoms with Gasteiger partial charge in [-0.05, 0) is 22.8 Å². The van der Waals surface area contributed by atoms with E-state index in [0.29, 0.717) is 0 Å². The number of fused-ring (bicyclic) bond motifs is 2. The number of hydrogen-bond donors (Lipinski definition) is 6. The van der Waals surface area contributed by atoms with Crippen molar-refractivity contribution in [1.29, 1.82) is 0 Å². The molecule has 4 aromatic rings. The first kappa shape index (κ1) is 32.2. The highest BCUT2D eigenvalue weighted by atomic mass is 32.7. The Bertz CT molecular complexity index is 1880. The molecular weight excluding hydrogens is 682 g/mol. The van der Waals surface area contributed by atoms with Crippen LogP contribution in [0.2, 0.25) is 0 Å². The Morgan fingerprint density at radius 2 is 2.02 bits per heavy atom. The highest BCUT2D eigenvalue weighted by molar-refractivity contribution is 8.39. The normalized spacial score (nSPS) is 28.6. The van der Waals surface area contributed by atoms with Gasteiger partial charge in [-0.3, -0.25) is 14.3 Å². The van der Waals surface area contributed by atoms with E-state index in [9.17, 15) is 23.7 Å². The average molecular weight is 709 g/mol. The van der Waals surface area contributed by atoms with Gasteiger partial charge in [0.2, 0.25) is 5.95 Å². The van der Waals surface area contributed by atoms with Crippen molar-refractivity contribution >= 4 is 71.7 Å². The molecule has 6 heterocycles. The van der Waals surface area contributed by atoms with Gasteiger partial charge in [0.25, 0.3) is 5.56 Å². The second kappa shape index (κ2) is 12.5. The van der Waals surface area contributed by atoms with Crippen LogP contribution >= 0.6 is 26.0 Å². The molecular formula is C22H26F2N9O8P2S2+. The molecule has 2 aliphatic heterocycles. The molecule has 0 radical (unpaired) electrons. The van der Waals surface area contributed by atoms with Crippen LogP contribution in [0.4, 0.5) is 20.5 Å². The molecule has 23 heteroatoms. The SMILES string of the molecule is Nc1nc2c(ncn2[C@@H]2O[C@H](CCO)[C@@H](F)[C@H]2P(O)(=S)OC[C@H]2O[C@@H](n3cc(F)c4c(N)ncnc43)C[C@@H]2O[P+](=O)S)c(=O)[nH]1. The Morgan fingerprint density at radius 3 is 2.76 bits per heavy atom. The van der Waals surface area contributed by atoms with Crippen molar-refractivity contribution in [3.8, 4) is 0 Å². The van der Waals surface area contributed by atoms with Gasteiger partial charge >= 0.3 is 7.23 Å².